The topological polar surface area (TPSA) is 20.3 Å². The lowest BCUT2D eigenvalue weighted by Crippen LogP contribution is -2.43. The number of allylic oxidation sites excluding steroid dienone is 1. The monoisotopic (exact) mass is 181 g/mol. The van der Waals surface area contributed by atoms with E-state index in [1.54, 1.807) is 0 Å². The largest absolute Gasteiger partial charge is 0.306 e. The molecule has 0 saturated heterocycles. The van der Waals surface area contributed by atoms with E-state index >= 15 is 0 Å². The van der Waals surface area contributed by atoms with Crippen LogP contribution >= 0.6 is 0 Å². The van der Waals surface area contributed by atoms with Crippen molar-refractivity contribution in [1.82, 2.24) is 4.90 Å². The van der Waals surface area contributed by atoms with Gasteiger partial charge in [-0.25, -0.2) is 0 Å². The van der Waals surface area contributed by atoms with E-state index in [9.17, 15) is 4.79 Å². The number of nitrogens with zero attached hydrogens (tertiary/aromatic N) is 1. The first-order chi connectivity index (χ1) is 5.97. The Hall–Kier alpha value is -0.630. The minimum atomic E-state index is 0.112. The molecule has 0 spiro atoms. The van der Waals surface area contributed by atoms with Gasteiger partial charge in [-0.3, -0.25) is 0 Å². The molecule has 0 aromatic rings. The van der Waals surface area contributed by atoms with Gasteiger partial charge in [0, 0.05) is 12.0 Å². The third-order valence-corrected chi connectivity index (χ3v) is 2.93. The van der Waals surface area contributed by atoms with E-state index in [-0.39, 0.29) is 11.3 Å². The van der Waals surface area contributed by atoms with Crippen LogP contribution in [0.25, 0.3) is 0 Å². The molecule has 0 heterocycles. The van der Waals surface area contributed by atoms with Crippen molar-refractivity contribution in [3.63, 3.8) is 0 Å². The van der Waals surface area contributed by atoms with Gasteiger partial charge < -0.3 is 9.69 Å². The summed E-state index contributed by atoms with van der Waals surface area (Å²) in [7, 11) is 4.15. The van der Waals surface area contributed by atoms with E-state index in [0.717, 1.165) is 12.7 Å². The van der Waals surface area contributed by atoms with Crippen molar-refractivity contribution < 1.29 is 4.79 Å². The lowest BCUT2D eigenvalue weighted by molar-refractivity contribution is -0.110. The van der Waals surface area contributed by atoms with E-state index < -0.39 is 0 Å². The minimum Gasteiger partial charge on any atom is -0.306 e. The molecule has 2 nitrogen and oxygen atoms in total. The summed E-state index contributed by atoms with van der Waals surface area (Å²) in [6, 6.07) is 0.465. The van der Waals surface area contributed by atoms with Crippen LogP contribution in [0.4, 0.5) is 0 Å². The van der Waals surface area contributed by atoms with Crippen molar-refractivity contribution in [1.29, 1.82) is 0 Å². The minimum absolute atomic E-state index is 0.112. The van der Waals surface area contributed by atoms with Gasteiger partial charge >= 0.3 is 0 Å². The first-order valence-corrected chi connectivity index (χ1v) is 4.78. The lowest BCUT2D eigenvalue weighted by atomic mass is 9.74. The average Bonchev–Trinajstić information content (AvgIpc) is 2.03. The lowest BCUT2D eigenvalue weighted by Gasteiger charge is -2.40. The molecule has 2 atom stereocenters. The van der Waals surface area contributed by atoms with Crippen LogP contribution in [-0.2, 0) is 4.79 Å². The van der Waals surface area contributed by atoms with Crippen LogP contribution in [0.5, 0.6) is 0 Å². The molecule has 13 heavy (non-hydrogen) atoms. The molecule has 0 fully saturated rings. The van der Waals surface area contributed by atoms with Crippen molar-refractivity contribution in [2.75, 3.05) is 14.1 Å². The Morgan fingerprint density at radius 1 is 1.46 bits per heavy atom. The molecule has 74 valence electrons. The van der Waals surface area contributed by atoms with Crippen LogP contribution in [0.3, 0.4) is 0 Å². The van der Waals surface area contributed by atoms with Gasteiger partial charge in [-0.05, 0) is 25.9 Å². The van der Waals surface area contributed by atoms with Crippen LogP contribution in [0.2, 0.25) is 0 Å². The third-order valence-electron chi connectivity index (χ3n) is 2.93. The van der Waals surface area contributed by atoms with Crippen LogP contribution in [0.15, 0.2) is 12.2 Å². The van der Waals surface area contributed by atoms with Gasteiger partial charge in [0.2, 0.25) is 0 Å². The molecule has 0 bridgehead atoms. The summed E-state index contributed by atoms with van der Waals surface area (Å²) in [6.07, 6.45) is 6.19. The molecule has 0 N–H and O–H groups in total. The van der Waals surface area contributed by atoms with Gasteiger partial charge in [0.1, 0.15) is 6.29 Å². The Labute approximate surface area is 80.6 Å². The van der Waals surface area contributed by atoms with Crippen molar-refractivity contribution in [3.8, 4) is 0 Å². The molecule has 0 aromatic carbocycles. The Morgan fingerprint density at radius 3 is 2.54 bits per heavy atom. The summed E-state index contributed by atoms with van der Waals surface area (Å²) in [6.45, 7) is 4.43. The van der Waals surface area contributed by atoms with Gasteiger partial charge in [-0.2, -0.15) is 0 Å². The van der Waals surface area contributed by atoms with Gasteiger partial charge in [0.15, 0.2) is 0 Å². The van der Waals surface area contributed by atoms with Gasteiger partial charge in [0.25, 0.3) is 0 Å². The zero-order chi connectivity index (χ0) is 10.1. The maximum Gasteiger partial charge on any atom is 0.126 e. The zero-order valence-electron chi connectivity index (χ0n) is 8.95. The Morgan fingerprint density at radius 2 is 2.08 bits per heavy atom. The van der Waals surface area contributed by atoms with Gasteiger partial charge in [0.05, 0.1) is 0 Å². The Bertz CT molecular complexity index is 218. The van der Waals surface area contributed by atoms with E-state index in [2.05, 4.69) is 38.9 Å². The van der Waals surface area contributed by atoms with Crippen molar-refractivity contribution in [2.24, 2.45) is 11.3 Å². The van der Waals surface area contributed by atoms with Crippen molar-refractivity contribution >= 4 is 6.29 Å². The summed E-state index contributed by atoms with van der Waals surface area (Å²) in [5, 5.41) is 0. The molecule has 2 heteroatoms. The predicted molar refractivity (Wildman–Crippen MR) is 54.6 cm³/mol. The Balaban J connectivity index is 2.83. The summed E-state index contributed by atoms with van der Waals surface area (Å²) in [5.41, 5.74) is 0.184. The van der Waals surface area contributed by atoms with E-state index in [1.165, 1.54) is 0 Å². The fourth-order valence-corrected chi connectivity index (χ4v) is 2.10. The van der Waals surface area contributed by atoms with Crippen LogP contribution in [0, 0.1) is 11.3 Å². The zero-order valence-corrected chi connectivity index (χ0v) is 8.95. The number of aldehydes is 1. The molecule has 1 aliphatic rings. The summed E-state index contributed by atoms with van der Waals surface area (Å²) >= 11 is 0. The second-order valence-electron chi connectivity index (χ2n) is 4.70. The van der Waals surface area contributed by atoms with Gasteiger partial charge in [-0.1, -0.05) is 26.0 Å². The highest BCUT2D eigenvalue weighted by atomic mass is 16.1. The summed E-state index contributed by atoms with van der Waals surface area (Å²) in [5.74, 6) is 0.112. The molecule has 0 aromatic heterocycles. The highest BCUT2D eigenvalue weighted by Gasteiger charge is 2.33. The molecule has 1 aliphatic carbocycles. The Kier molecular flexibility index (Phi) is 2.91. The summed E-state index contributed by atoms with van der Waals surface area (Å²) < 4.78 is 0. The van der Waals surface area contributed by atoms with Gasteiger partial charge in [-0.15, -0.1) is 0 Å². The molecule has 0 radical (unpaired) electrons. The number of carbonyl (C=O) groups excluding carboxylic acids is 1. The number of carbonyl (C=O) groups is 1. The van der Waals surface area contributed by atoms with E-state index in [1.807, 2.05) is 6.08 Å². The predicted octanol–water partition coefficient (Wildman–Crippen LogP) is 1.72. The second kappa shape index (κ2) is 3.62. The van der Waals surface area contributed by atoms with E-state index in [4.69, 9.17) is 0 Å². The molecule has 1 rings (SSSR count). The number of hydrogen-bond acceptors (Lipinski definition) is 2. The molecule has 0 amide bonds. The maximum absolute atomic E-state index is 10.7. The maximum atomic E-state index is 10.7. The SMILES string of the molecule is CN(C)C1CC(C=O)C=CC1(C)C. The standard InChI is InChI=1S/C11H19NO/c1-11(2)6-5-9(8-13)7-10(11)12(3)4/h5-6,8-10H,7H2,1-4H3. The van der Waals surface area contributed by atoms with E-state index in [0.29, 0.717) is 6.04 Å². The molecule has 2 unspecified atom stereocenters. The molecular formula is C11H19NO. The molecular weight excluding hydrogens is 162 g/mol. The first kappa shape index (κ1) is 10.5. The highest BCUT2D eigenvalue weighted by molar-refractivity contribution is 5.57. The first-order valence-electron chi connectivity index (χ1n) is 4.78. The highest BCUT2D eigenvalue weighted by Crippen LogP contribution is 2.34. The van der Waals surface area contributed by atoms with Crippen LogP contribution in [-0.4, -0.2) is 31.3 Å². The molecule has 0 saturated carbocycles. The fraction of sp³-hybridized carbons (Fsp3) is 0.727. The number of rotatable bonds is 2. The number of hydrogen-bond donors (Lipinski definition) is 0. The third kappa shape index (κ3) is 2.19. The molecule has 0 aliphatic heterocycles. The van der Waals surface area contributed by atoms with Crippen LogP contribution < -0.4 is 0 Å². The quantitative estimate of drug-likeness (QED) is 0.477. The average molecular weight is 181 g/mol. The normalized spacial score (nSPS) is 32.1. The summed E-state index contributed by atoms with van der Waals surface area (Å²) in [4.78, 5) is 12.9. The van der Waals surface area contributed by atoms with Crippen molar-refractivity contribution in [2.45, 2.75) is 26.3 Å². The fourth-order valence-electron chi connectivity index (χ4n) is 2.10. The van der Waals surface area contributed by atoms with Crippen molar-refractivity contribution in [3.05, 3.63) is 12.2 Å². The van der Waals surface area contributed by atoms with Crippen LogP contribution in [0.1, 0.15) is 20.3 Å². The smallest absolute Gasteiger partial charge is 0.126 e. The second-order valence-corrected chi connectivity index (χ2v) is 4.70.